The molecule has 0 aliphatic heterocycles. The van der Waals surface area contributed by atoms with E-state index in [9.17, 15) is 17.6 Å². The third-order valence-electron chi connectivity index (χ3n) is 2.96. The topological polar surface area (TPSA) is 35.2 Å². The fourth-order valence-electron chi connectivity index (χ4n) is 1.96. The lowest BCUT2D eigenvalue weighted by molar-refractivity contribution is -0.274. The Bertz CT molecular complexity index is 628. The van der Waals surface area contributed by atoms with Gasteiger partial charge in [-0.25, -0.2) is 4.39 Å². The second-order valence-electron chi connectivity index (χ2n) is 4.62. The highest BCUT2D eigenvalue weighted by atomic mass is 35.5. The van der Waals surface area contributed by atoms with Crippen LogP contribution < -0.4 is 10.5 Å². The van der Waals surface area contributed by atoms with Crippen molar-refractivity contribution in [1.82, 2.24) is 0 Å². The first-order valence-electron chi connectivity index (χ1n) is 6.13. The van der Waals surface area contributed by atoms with Gasteiger partial charge in [0.2, 0.25) is 0 Å². The van der Waals surface area contributed by atoms with Gasteiger partial charge in [0.1, 0.15) is 11.6 Å². The predicted octanol–water partition coefficient (Wildman–Crippen LogP) is 4.50. The van der Waals surface area contributed by atoms with Crippen molar-refractivity contribution in [3.8, 4) is 5.75 Å². The van der Waals surface area contributed by atoms with Gasteiger partial charge in [0, 0.05) is 5.56 Å². The number of ether oxygens (including phenoxy) is 1. The molecule has 0 unspecified atom stereocenters. The normalized spacial score (nSPS) is 12.5. The van der Waals surface area contributed by atoms with Crippen molar-refractivity contribution in [2.45, 2.75) is 19.3 Å². The molecule has 0 amide bonds. The van der Waals surface area contributed by atoms with Crippen molar-refractivity contribution in [3.05, 3.63) is 65.0 Å². The Morgan fingerprint density at radius 3 is 2.18 bits per heavy atom. The lowest BCUT2D eigenvalue weighted by Crippen LogP contribution is -2.17. The molecule has 2 aromatic rings. The van der Waals surface area contributed by atoms with Crippen LogP contribution in [-0.2, 0) is 0 Å². The standard InChI is InChI=1S/C15H13F4NO.ClH/c1-9-2-7-13(16)12(8-9)14(20)10-3-5-11(6-4-10)21-15(17,18)19;/h2-8,14H,20H2,1H3;1H/t14-;/m1./s1. The molecule has 2 N–H and O–H groups in total. The third-order valence-corrected chi connectivity index (χ3v) is 2.96. The van der Waals surface area contributed by atoms with Crippen molar-refractivity contribution in [1.29, 1.82) is 0 Å². The van der Waals surface area contributed by atoms with Crippen LogP contribution in [0.3, 0.4) is 0 Å². The van der Waals surface area contributed by atoms with Crippen molar-refractivity contribution in [2.24, 2.45) is 5.73 Å². The van der Waals surface area contributed by atoms with Crippen molar-refractivity contribution in [2.75, 3.05) is 0 Å². The average Bonchev–Trinajstić information content (AvgIpc) is 2.40. The van der Waals surface area contributed by atoms with Gasteiger partial charge in [-0.2, -0.15) is 0 Å². The van der Waals surface area contributed by atoms with Gasteiger partial charge in [-0.3, -0.25) is 0 Å². The molecule has 2 rings (SSSR count). The summed E-state index contributed by atoms with van der Waals surface area (Å²) in [5.41, 5.74) is 7.59. The quantitative estimate of drug-likeness (QED) is 0.838. The number of halogens is 5. The summed E-state index contributed by atoms with van der Waals surface area (Å²) in [6.07, 6.45) is -4.74. The highest BCUT2D eigenvalue weighted by Gasteiger charge is 2.31. The number of alkyl halides is 3. The minimum atomic E-state index is -4.74. The van der Waals surface area contributed by atoms with E-state index in [4.69, 9.17) is 5.73 Å². The largest absolute Gasteiger partial charge is 0.573 e. The number of benzene rings is 2. The Labute approximate surface area is 131 Å². The van der Waals surface area contributed by atoms with Crippen molar-refractivity contribution < 1.29 is 22.3 Å². The average molecular weight is 336 g/mol. The molecule has 2 nitrogen and oxygen atoms in total. The highest BCUT2D eigenvalue weighted by Crippen LogP contribution is 2.27. The first-order chi connectivity index (χ1) is 9.76. The SMILES string of the molecule is Cc1ccc(F)c([C@H](N)c2ccc(OC(F)(F)F)cc2)c1.Cl. The van der Waals surface area contributed by atoms with Gasteiger partial charge < -0.3 is 10.5 Å². The fourth-order valence-corrected chi connectivity index (χ4v) is 1.96. The zero-order chi connectivity index (χ0) is 15.6. The van der Waals surface area contributed by atoms with Crippen LogP contribution in [0.2, 0.25) is 0 Å². The third kappa shape index (κ3) is 4.61. The van der Waals surface area contributed by atoms with E-state index in [1.807, 2.05) is 0 Å². The number of hydrogen-bond donors (Lipinski definition) is 1. The van der Waals surface area contributed by atoms with Crippen LogP contribution in [0, 0.1) is 12.7 Å². The van der Waals surface area contributed by atoms with E-state index in [-0.39, 0.29) is 18.2 Å². The van der Waals surface area contributed by atoms with Crippen molar-refractivity contribution >= 4 is 12.4 Å². The van der Waals surface area contributed by atoms with Gasteiger partial charge in [0.15, 0.2) is 0 Å². The fraction of sp³-hybridized carbons (Fsp3) is 0.200. The summed E-state index contributed by atoms with van der Waals surface area (Å²) in [5.74, 6) is -0.799. The maximum absolute atomic E-state index is 13.8. The molecule has 120 valence electrons. The van der Waals surface area contributed by atoms with Crippen molar-refractivity contribution in [3.63, 3.8) is 0 Å². The van der Waals surface area contributed by atoms with Gasteiger partial charge in [-0.1, -0.05) is 29.8 Å². The van der Waals surface area contributed by atoms with Gasteiger partial charge >= 0.3 is 6.36 Å². The number of aryl methyl sites for hydroxylation is 1. The first kappa shape index (κ1) is 18.3. The Morgan fingerprint density at radius 1 is 1.05 bits per heavy atom. The molecule has 0 radical (unpaired) electrons. The summed E-state index contributed by atoms with van der Waals surface area (Å²) in [6, 6.07) is 8.84. The van der Waals surface area contributed by atoms with Gasteiger partial charge in [0.25, 0.3) is 0 Å². The van der Waals surface area contributed by atoms with Gasteiger partial charge in [0.05, 0.1) is 6.04 Å². The number of hydrogen-bond acceptors (Lipinski definition) is 2. The van der Waals surface area contributed by atoms with Crippen LogP contribution in [0.25, 0.3) is 0 Å². The van der Waals surface area contributed by atoms with E-state index < -0.39 is 18.2 Å². The monoisotopic (exact) mass is 335 g/mol. The van der Waals surface area contributed by atoms with E-state index in [0.717, 1.165) is 17.7 Å². The number of nitrogens with two attached hydrogens (primary N) is 1. The van der Waals surface area contributed by atoms with E-state index in [0.29, 0.717) is 11.1 Å². The van der Waals surface area contributed by atoms with Gasteiger partial charge in [-0.15, -0.1) is 25.6 Å². The molecule has 0 saturated carbocycles. The molecular weight excluding hydrogens is 322 g/mol. The maximum Gasteiger partial charge on any atom is 0.573 e. The molecule has 0 aliphatic rings. The predicted molar refractivity (Wildman–Crippen MR) is 77.5 cm³/mol. The van der Waals surface area contributed by atoms with Crippen LogP contribution >= 0.6 is 12.4 Å². The Kier molecular flexibility index (Phi) is 5.79. The van der Waals surface area contributed by atoms with Gasteiger partial charge in [-0.05, 0) is 30.7 Å². The van der Waals surface area contributed by atoms with Crippen LogP contribution in [0.15, 0.2) is 42.5 Å². The summed E-state index contributed by atoms with van der Waals surface area (Å²) in [7, 11) is 0. The summed E-state index contributed by atoms with van der Waals surface area (Å²) in [4.78, 5) is 0. The Balaban J connectivity index is 0.00000242. The van der Waals surface area contributed by atoms with Crippen LogP contribution in [-0.4, -0.2) is 6.36 Å². The lowest BCUT2D eigenvalue weighted by Gasteiger charge is -2.15. The molecule has 0 spiro atoms. The molecule has 0 heterocycles. The zero-order valence-corrected chi connectivity index (χ0v) is 12.3. The molecule has 0 aromatic heterocycles. The van der Waals surface area contributed by atoms with Crippen LogP contribution in [0.5, 0.6) is 5.75 Å². The zero-order valence-electron chi connectivity index (χ0n) is 11.5. The molecular formula is C15H14ClF4NO. The first-order valence-corrected chi connectivity index (χ1v) is 6.13. The highest BCUT2D eigenvalue weighted by molar-refractivity contribution is 5.85. The molecule has 0 fully saturated rings. The summed E-state index contributed by atoms with van der Waals surface area (Å²) < 4.78 is 53.7. The summed E-state index contributed by atoms with van der Waals surface area (Å²) in [5, 5.41) is 0. The Morgan fingerprint density at radius 2 is 1.64 bits per heavy atom. The van der Waals surface area contributed by atoms with E-state index in [2.05, 4.69) is 4.74 Å². The molecule has 0 aliphatic carbocycles. The number of rotatable bonds is 3. The van der Waals surface area contributed by atoms with E-state index >= 15 is 0 Å². The van der Waals surface area contributed by atoms with E-state index in [1.54, 1.807) is 19.1 Å². The minimum absolute atomic E-state index is 0. The van der Waals surface area contributed by atoms with Crippen LogP contribution in [0.1, 0.15) is 22.7 Å². The maximum atomic E-state index is 13.8. The molecule has 0 bridgehead atoms. The second-order valence-corrected chi connectivity index (χ2v) is 4.62. The molecule has 0 saturated heterocycles. The molecule has 7 heteroatoms. The Hall–Kier alpha value is -1.79. The minimum Gasteiger partial charge on any atom is -0.406 e. The molecule has 2 aromatic carbocycles. The smallest absolute Gasteiger partial charge is 0.406 e. The van der Waals surface area contributed by atoms with Crippen LogP contribution in [0.4, 0.5) is 17.6 Å². The lowest BCUT2D eigenvalue weighted by atomic mass is 9.97. The summed E-state index contributed by atoms with van der Waals surface area (Å²) >= 11 is 0. The molecule has 1 atom stereocenters. The van der Waals surface area contributed by atoms with E-state index in [1.165, 1.54) is 18.2 Å². The molecule has 22 heavy (non-hydrogen) atoms. The summed E-state index contributed by atoms with van der Waals surface area (Å²) in [6.45, 7) is 1.80. The second kappa shape index (κ2) is 6.98.